The van der Waals surface area contributed by atoms with Crippen molar-refractivity contribution in [2.75, 3.05) is 24.0 Å². The largest absolute Gasteiger partial charge is 0.481 e. The molecule has 1 N–H and O–H groups in total. The molecule has 4 nitrogen and oxygen atoms in total. The van der Waals surface area contributed by atoms with Gasteiger partial charge in [0.1, 0.15) is 5.41 Å². The zero-order valence-corrected chi connectivity index (χ0v) is 13.8. The van der Waals surface area contributed by atoms with Crippen LogP contribution < -0.4 is 4.90 Å². The quantitative estimate of drug-likeness (QED) is 0.839. The molecule has 19 heavy (non-hydrogen) atoms. The molecule has 6 heteroatoms. The number of rotatable bonds is 7. The molecule has 1 rings (SSSR count). The maximum absolute atomic E-state index is 11.2. The smallest absolute Gasteiger partial charge is 0.315 e. The Labute approximate surface area is 123 Å². The van der Waals surface area contributed by atoms with E-state index in [1.54, 1.807) is 13.8 Å². The summed E-state index contributed by atoms with van der Waals surface area (Å²) in [6.07, 6.45) is 3.19. The van der Waals surface area contributed by atoms with E-state index in [4.69, 9.17) is 0 Å². The van der Waals surface area contributed by atoms with Gasteiger partial charge in [-0.15, -0.1) is 11.3 Å². The molecule has 1 atom stereocenters. The fourth-order valence-electron chi connectivity index (χ4n) is 1.49. The highest BCUT2D eigenvalue weighted by Gasteiger charge is 2.32. The molecule has 0 saturated heterocycles. The van der Waals surface area contributed by atoms with E-state index in [1.165, 1.54) is 11.3 Å². The van der Waals surface area contributed by atoms with Gasteiger partial charge in [-0.2, -0.15) is 11.8 Å². The highest BCUT2D eigenvalue weighted by Crippen LogP contribution is 2.30. The SMILES string of the molecule is CSCCC(C)N(C)c1nc(C(C)(C)C(=O)O)cs1. The number of aromatic nitrogens is 1. The molecule has 1 heterocycles. The van der Waals surface area contributed by atoms with Crippen LogP contribution >= 0.6 is 23.1 Å². The van der Waals surface area contributed by atoms with E-state index in [0.29, 0.717) is 11.7 Å². The van der Waals surface area contributed by atoms with Crippen molar-refractivity contribution in [3.63, 3.8) is 0 Å². The lowest BCUT2D eigenvalue weighted by atomic mass is 9.90. The maximum Gasteiger partial charge on any atom is 0.315 e. The zero-order valence-electron chi connectivity index (χ0n) is 12.1. The zero-order chi connectivity index (χ0) is 14.6. The first-order chi connectivity index (χ1) is 8.80. The predicted octanol–water partition coefficient (Wildman–Crippen LogP) is 3.08. The highest BCUT2D eigenvalue weighted by atomic mass is 32.2. The Balaban J connectivity index is 2.82. The Bertz CT molecular complexity index is 432. The Morgan fingerprint density at radius 3 is 2.79 bits per heavy atom. The molecule has 0 spiro atoms. The fraction of sp³-hybridized carbons (Fsp3) is 0.692. The van der Waals surface area contributed by atoms with Crippen LogP contribution in [0.15, 0.2) is 5.38 Å². The van der Waals surface area contributed by atoms with Gasteiger partial charge in [0.05, 0.1) is 5.69 Å². The third kappa shape index (κ3) is 3.86. The summed E-state index contributed by atoms with van der Waals surface area (Å²) in [6.45, 7) is 5.54. The number of nitrogens with zero attached hydrogens (tertiary/aromatic N) is 2. The van der Waals surface area contributed by atoms with Crippen molar-refractivity contribution in [3.8, 4) is 0 Å². The molecule has 0 fully saturated rings. The van der Waals surface area contributed by atoms with Crippen molar-refractivity contribution in [2.45, 2.75) is 38.6 Å². The number of thiazole rings is 1. The Hall–Kier alpha value is -0.750. The van der Waals surface area contributed by atoms with Crippen LogP contribution in [0.2, 0.25) is 0 Å². The van der Waals surface area contributed by atoms with E-state index >= 15 is 0 Å². The van der Waals surface area contributed by atoms with Gasteiger partial charge < -0.3 is 10.0 Å². The number of anilines is 1. The average Bonchev–Trinajstić information content (AvgIpc) is 2.84. The summed E-state index contributed by atoms with van der Waals surface area (Å²) in [4.78, 5) is 17.8. The summed E-state index contributed by atoms with van der Waals surface area (Å²) in [5.41, 5.74) is -0.304. The minimum Gasteiger partial charge on any atom is -0.481 e. The van der Waals surface area contributed by atoms with Gasteiger partial charge in [0.25, 0.3) is 0 Å². The second-order valence-electron chi connectivity index (χ2n) is 5.19. The monoisotopic (exact) mass is 302 g/mol. The van der Waals surface area contributed by atoms with Crippen LogP contribution in [0.3, 0.4) is 0 Å². The van der Waals surface area contributed by atoms with Crippen LogP contribution in [-0.2, 0) is 10.2 Å². The average molecular weight is 302 g/mol. The first kappa shape index (κ1) is 16.3. The standard InChI is InChI=1S/C13H22N2O2S2/c1-9(6-7-18-5)15(4)12-14-10(8-19-12)13(2,3)11(16)17/h8-9H,6-7H2,1-5H3,(H,16,17). The Morgan fingerprint density at radius 2 is 2.26 bits per heavy atom. The van der Waals surface area contributed by atoms with Crippen molar-refractivity contribution in [3.05, 3.63) is 11.1 Å². The van der Waals surface area contributed by atoms with Gasteiger partial charge in [-0.05, 0) is 39.2 Å². The topological polar surface area (TPSA) is 53.4 Å². The molecule has 0 amide bonds. The number of hydrogen-bond donors (Lipinski definition) is 1. The van der Waals surface area contributed by atoms with Crippen molar-refractivity contribution < 1.29 is 9.90 Å². The predicted molar refractivity (Wildman–Crippen MR) is 83.6 cm³/mol. The number of aliphatic carboxylic acids is 1. The third-order valence-corrected chi connectivity index (χ3v) is 4.94. The van der Waals surface area contributed by atoms with Crippen LogP contribution in [0, 0.1) is 0 Å². The molecular weight excluding hydrogens is 280 g/mol. The van der Waals surface area contributed by atoms with Crippen molar-refractivity contribution in [1.29, 1.82) is 0 Å². The summed E-state index contributed by atoms with van der Waals surface area (Å²) < 4.78 is 0. The maximum atomic E-state index is 11.2. The lowest BCUT2D eigenvalue weighted by molar-refractivity contribution is -0.142. The molecule has 0 saturated carbocycles. The molecule has 0 aliphatic rings. The van der Waals surface area contributed by atoms with Gasteiger partial charge in [0.2, 0.25) is 0 Å². The Morgan fingerprint density at radius 1 is 1.63 bits per heavy atom. The number of carboxylic acids is 1. The van der Waals surface area contributed by atoms with Crippen molar-refractivity contribution >= 4 is 34.2 Å². The van der Waals surface area contributed by atoms with Gasteiger partial charge in [0, 0.05) is 18.5 Å². The van der Waals surface area contributed by atoms with Gasteiger partial charge in [-0.25, -0.2) is 4.98 Å². The molecule has 108 valence electrons. The number of carbonyl (C=O) groups is 1. The highest BCUT2D eigenvalue weighted by molar-refractivity contribution is 7.98. The van der Waals surface area contributed by atoms with Crippen molar-refractivity contribution in [1.82, 2.24) is 4.98 Å². The normalized spacial score (nSPS) is 13.3. The molecule has 0 aromatic carbocycles. The second-order valence-corrected chi connectivity index (χ2v) is 7.01. The fourth-order valence-corrected chi connectivity index (χ4v) is 3.13. The molecule has 0 radical (unpaired) electrons. The van der Waals surface area contributed by atoms with Crippen LogP contribution in [0.25, 0.3) is 0 Å². The van der Waals surface area contributed by atoms with E-state index in [1.807, 2.05) is 24.2 Å². The van der Waals surface area contributed by atoms with E-state index in [2.05, 4.69) is 23.1 Å². The molecule has 1 unspecified atom stereocenters. The molecule has 0 bridgehead atoms. The lowest BCUT2D eigenvalue weighted by Gasteiger charge is -2.24. The number of hydrogen-bond acceptors (Lipinski definition) is 5. The van der Waals surface area contributed by atoms with Crippen LogP contribution in [0.5, 0.6) is 0 Å². The van der Waals surface area contributed by atoms with Crippen LogP contribution in [0.1, 0.15) is 32.9 Å². The molecule has 0 aliphatic carbocycles. The van der Waals surface area contributed by atoms with E-state index < -0.39 is 11.4 Å². The molecule has 1 aromatic rings. The second kappa shape index (κ2) is 6.61. The summed E-state index contributed by atoms with van der Waals surface area (Å²) in [5.74, 6) is 0.270. The van der Waals surface area contributed by atoms with Gasteiger partial charge in [-0.1, -0.05) is 0 Å². The van der Waals surface area contributed by atoms with E-state index in [0.717, 1.165) is 17.3 Å². The summed E-state index contributed by atoms with van der Waals surface area (Å²) in [5, 5.41) is 12.0. The minimum absolute atomic E-state index is 0.402. The lowest BCUT2D eigenvalue weighted by Crippen LogP contribution is -2.31. The summed E-state index contributed by atoms with van der Waals surface area (Å²) in [7, 11) is 2.02. The van der Waals surface area contributed by atoms with Crippen molar-refractivity contribution in [2.24, 2.45) is 0 Å². The van der Waals surface area contributed by atoms with Gasteiger partial charge >= 0.3 is 5.97 Å². The summed E-state index contributed by atoms with van der Waals surface area (Å²) in [6, 6.07) is 0.402. The minimum atomic E-state index is -0.932. The molecule has 1 aromatic heterocycles. The Kier molecular flexibility index (Phi) is 5.67. The number of thioether (sulfide) groups is 1. The van der Waals surface area contributed by atoms with E-state index in [-0.39, 0.29) is 0 Å². The van der Waals surface area contributed by atoms with Gasteiger partial charge in [0.15, 0.2) is 5.13 Å². The third-order valence-electron chi connectivity index (χ3n) is 3.37. The van der Waals surface area contributed by atoms with E-state index in [9.17, 15) is 9.90 Å². The summed E-state index contributed by atoms with van der Waals surface area (Å²) >= 11 is 3.34. The first-order valence-corrected chi connectivity index (χ1v) is 8.49. The number of carboxylic acid groups (broad SMARTS) is 1. The van der Waals surface area contributed by atoms with Crippen LogP contribution in [-0.4, -0.2) is 41.2 Å². The molecule has 0 aliphatic heterocycles. The first-order valence-electron chi connectivity index (χ1n) is 6.21. The van der Waals surface area contributed by atoms with Gasteiger partial charge in [-0.3, -0.25) is 4.79 Å². The molecular formula is C13H22N2O2S2. The van der Waals surface area contributed by atoms with Crippen LogP contribution in [0.4, 0.5) is 5.13 Å².